The Labute approximate surface area is 114 Å². The molecule has 0 aromatic rings. The van der Waals surface area contributed by atoms with Crippen LogP contribution in [0.1, 0.15) is 60.3 Å². The van der Waals surface area contributed by atoms with Gasteiger partial charge in [-0.15, -0.1) is 0 Å². The van der Waals surface area contributed by atoms with E-state index in [1.54, 1.807) is 0 Å². The molecular weight excluding hydrogens is 244 g/mol. The highest BCUT2D eigenvalue weighted by molar-refractivity contribution is 6.68. The lowest BCUT2D eigenvalue weighted by Crippen LogP contribution is -2.48. The number of rotatable bonds is 11. The highest BCUT2D eigenvalue weighted by atomic mass is 28.4. The van der Waals surface area contributed by atoms with Crippen molar-refractivity contribution in [3.05, 3.63) is 11.3 Å². The molecule has 0 saturated heterocycles. The lowest BCUT2D eigenvalue weighted by atomic mass is 10.2. The zero-order valence-electron chi connectivity index (χ0n) is 12.8. The van der Waals surface area contributed by atoms with Gasteiger partial charge in [0.25, 0.3) is 0 Å². The molecule has 0 bridgehead atoms. The second-order valence-corrected chi connectivity index (χ2v) is 6.74. The van der Waals surface area contributed by atoms with E-state index < -0.39 is 8.80 Å². The van der Waals surface area contributed by atoms with Crippen LogP contribution in [-0.2, 0) is 13.3 Å². The number of hydrogen-bond acceptors (Lipinski definition) is 3. The smallest absolute Gasteiger partial charge is 0.370 e. The van der Waals surface area contributed by atoms with Gasteiger partial charge in [-0.2, -0.15) is 0 Å². The quantitative estimate of drug-likeness (QED) is 0.531. The van der Waals surface area contributed by atoms with Crippen LogP contribution in [0.2, 0.25) is 0 Å². The van der Waals surface area contributed by atoms with E-state index in [0.717, 1.165) is 25.7 Å². The molecule has 0 N–H and O–H groups in total. The summed E-state index contributed by atoms with van der Waals surface area (Å²) in [6.07, 6.45) is 6.58. The lowest BCUT2D eigenvalue weighted by Gasteiger charge is -2.30. The predicted octanol–water partition coefficient (Wildman–Crippen LogP) is 4.10. The Morgan fingerprint density at radius 1 is 0.833 bits per heavy atom. The molecule has 18 heavy (non-hydrogen) atoms. The zero-order valence-corrected chi connectivity index (χ0v) is 13.8. The standard InChI is InChI=1S/C14H30O3Si/c1-6-11-13-14(12-7-2)18(15-8-3,16-9-4)17-10-5/h13H,6-12H2,1-5H3/b14-13-. The maximum Gasteiger partial charge on any atom is 0.532 e. The molecule has 3 nitrogen and oxygen atoms in total. The van der Waals surface area contributed by atoms with Gasteiger partial charge in [-0.1, -0.05) is 32.8 Å². The average molecular weight is 274 g/mol. The van der Waals surface area contributed by atoms with Crippen molar-refractivity contribution in [2.75, 3.05) is 19.8 Å². The lowest BCUT2D eigenvalue weighted by molar-refractivity contribution is 0.0796. The van der Waals surface area contributed by atoms with Crippen LogP contribution in [0.4, 0.5) is 0 Å². The van der Waals surface area contributed by atoms with Crippen molar-refractivity contribution < 1.29 is 13.3 Å². The first kappa shape index (κ1) is 17.8. The predicted molar refractivity (Wildman–Crippen MR) is 78.5 cm³/mol. The van der Waals surface area contributed by atoms with Crippen molar-refractivity contribution in [1.82, 2.24) is 0 Å². The van der Waals surface area contributed by atoms with Crippen molar-refractivity contribution in [2.45, 2.75) is 60.3 Å². The van der Waals surface area contributed by atoms with Gasteiger partial charge in [0.1, 0.15) is 0 Å². The van der Waals surface area contributed by atoms with Crippen LogP contribution >= 0.6 is 0 Å². The molecule has 108 valence electrons. The normalized spacial score (nSPS) is 13.1. The molecule has 0 aliphatic carbocycles. The van der Waals surface area contributed by atoms with Gasteiger partial charge in [0.15, 0.2) is 0 Å². The fraction of sp³-hybridized carbons (Fsp3) is 0.857. The van der Waals surface area contributed by atoms with Gasteiger partial charge in [-0.25, -0.2) is 0 Å². The Morgan fingerprint density at radius 3 is 1.67 bits per heavy atom. The van der Waals surface area contributed by atoms with E-state index in [4.69, 9.17) is 13.3 Å². The van der Waals surface area contributed by atoms with Crippen LogP contribution in [0.3, 0.4) is 0 Å². The fourth-order valence-electron chi connectivity index (χ4n) is 1.94. The van der Waals surface area contributed by atoms with Crippen LogP contribution in [-0.4, -0.2) is 28.6 Å². The van der Waals surface area contributed by atoms with Gasteiger partial charge in [-0.3, -0.25) is 0 Å². The molecule has 0 atom stereocenters. The zero-order chi connectivity index (χ0) is 13.9. The number of unbranched alkanes of at least 4 members (excludes halogenated alkanes) is 1. The first-order chi connectivity index (χ1) is 8.70. The van der Waals surface area contributed by atoms with Gasteiger partial charge < -0.3 is 13.3 Å². The second-order valence-electron chi connectivity index (χ2n) is 4.12. The van der Waals surface area contributed by atoms with Crippen LogP contribution < -0.4 is 0 Å². The van der Waals surface area contributed by atoms with Crippen molar-refractivity contribution in [3.63, 3.8) is 0 Å². The summed E-state index contributed by atoms with van der Waals surface area (Å²) < 4.78 is 17.8. The maximum atomic E-state index is 5.95. The minimum atomic E-state index is -2.62. The Balaban J connectivity index is 5.13. The molecule has 0 aliphatic heterocycles. The molecule has 0 saturated carbocycles. The number of allylic oxidation sites excluding steroid dienone is 2. The summed E-state index contributed by atoms with van der Waals surface area (Å²) in [7, 11) is -2.62. The van der Waals surface area contributed by atoms with Crippen molar-refractivity contribution in [1.29, 1.82) is 0 Å². The minimum Gasteiger partial charge on any atom is -0.370 e. The van der Waals surface area contributed by atoms with Gasteiger partial charge in [0.05, 0.1) is 0 Å². The number of hydrogen-bond donors (Lipinski definition) is 0. The van der Waals surface area contributed by atoms with E-state index in [0.29, 0.717) is 19.8 Å². The van der Waals surface area contributed by atoms with Gasteiger partial charge in [0.2, 0.25) is 0 Å². The molecular formula is C14H30O3Si. The van der Waals surface area contributed by atoms with Gasteiger partial charge >= 0.3 is 8.80 Å². The van der Waals surface area contributed by atoms with E-state index >= 15 is 0 Å². The van der Waals surface area contributed by atoms with Crippen LogP contribution in [0.15, 0.2) is 11.3 Å². The molecule has 0 rings (SSSR count). The molecule has 0 spiro atoms. The fourth-order valence-corrected chi connectivity index (χ4v) is 4.84. The molecule has 0 aliphatic rings. The largest absolute Gasteiger partial charge is 0.532 e. The van der Waals surface area contributed by atoms with Gasteiger partial charge in [0, 0.05) is 19.8 Å². The van der Waals surface area contributed by atoms with Crippen molar-refractivity contribution in [3.8, 4) is 0 Å². The van der Waals surface area contributed by atoms with E-state index in [2.05, 4.69) is 19.9 Å². The summed E-state index contributed by atoms with van der Waals surface area (Å²) in [5.41, 5.74) is 0. The van der Waals surface area contributed by atoms with Crippen molar-refractivity contribution in [2.24, 2.45) is 0 Å². The Hall–Kier alpha value is -0.163. The molecule has 0 aromatic heterocycles. The third-order valence-electron chi connectivity index (χ3n) is 2.60. The highest BCUT2D eigenvalue weighted by Crippen LogP contribution is 2.25. The van der Waals surface area contributed by atoms with Crippen molar-refractivity contribution >= 4 is 8.80 Å². The molecule has 0 unspecified atom stereocenters. The summed E-state index contributed by atoms with van der Waals surface area (Å²) in [5.74, 6) is 0. The Bertz CT molecular complexity index is 212. The average Bonchev–Trinajstić information content (AvgIpc) is 2.35. The van der Waals surface area contributed by atoms with Crippen LogP contribution in [0, 0.1) is 0 Å². The summed E-state index contributed by atoms with van der Waals surface area (Å²) in [6.45, 7) is 12.3. The molecule has 0 amide bonds. The van der Waals surface area contributed by atoms with Crippen LogP contribution in [0.25, 0.3) is 0 Å². The molecule has 0 radical (unpaired) electrons. The Morgan fingerprint density at radius 2 is 1.33 bits per heavy atom. The van der Waals surface area contributed by atoms with E-state index in [-0.39, 0.29) is 0 Å². The van der Waals surface area contributed by atoms with Crippen LogP contribution in [0.5, 0.6) is 0 Å². The molecule has 0 fully saturated rings. The first-order valence-corrected chi connectivity index (χ1v) is 9.04. The monoisotopic (exact) mass is 274 g/mol. The summed E-state index contributed by atoms with van der Waals surface area (Å²) >= 11 is 0. The highest BCUT2D eigenvalue weighted by Gasteiger charge is 2.44. The first-order valence-electron chi connectivity index (χ1n) is 7.31. The Kier molecular flexibility index (Phi) is 10.6. The van der Waals surface area contributed by atoms with E-state index in [1.807, 2.05) is 20.8 Å². The minimum absolute atomic E-state index is 0.638. The molecule has 4 heteroatoms. The third-order valence-corrected chi connectivity index (χ3v) is 5.84. The third kappa shape index (κ3) is 5.65. The SMILES string of the molecule is CCC/C=C(/CCC)[Si](OCC)(OCC)OCC. The summed E-state index contributed by atoms with van der Waals surface area (Å²) in [6, 6.07) is 0. The van der Waals surface area contributed by atoms with E-state index in [1.165, 1.54) is 5.20 Å². The van der Waals surface area contributed by atoms with E-state index in [9.17, 15) is 0 Å². The molecule has 0 aromatic carbocycles. The maximum absolute atomic E-state index is 5.95. The summed E-state index contributed by atoms with van der Waals surface area (Å²) in [4.78, 5) is 0. The molecule has 0 heterocycles. The topological polar surface area (TPSA) is 27.7 Å². The van der Waals surface area contributed by atoms with Gasteiger partial charge in [-0.05, 0) is 38.8 Å². The second kappa shape index (κ2) is 10.7. The summed E-state index contributed by atoms with van der Waals surface area (Å²) in [5, 5.41) is 1.26.